The second-order valence-electron chi connectivity index (χ2n) is 4.78. The van der Waals surface area contributed by atoms with Gasteiger partial charge in [-0.3, -0.25) is 14.8 Å². The number of nitrogens with one attached hydrogen (secondary N) is 1. The van der Waals surface area contributed by atoms with Crippen LogP contribution in [-0.4, -0.2) is 25.8 Å². The van der Waals surface area contributed by atoms with E-state index in [-0.39, 0.29) is 22.5 Å². The maximum Gasteiger partial charge on any atom is 0.275 e. The van der Waals surface area contributed by atoms with Crippen LogP contribution in [0.15, 0.2) is 48.9 Å². The molecule has 3 rings (SSSR count). The van der Waals surface area contributed by atoms with Gasteiger partial charge in [-0.05, 0) is 31.2 Å². The molecule has 0 saturated heterocycles. The molecule has 3 heterocycles. The minimum Gasteiger partial charge on any atom is -0.436 e. The number of pyridine rings is 2. The van der Waals surface area contributed by atoms with Crippen molar-refractivity contribution in [1.29, 1.82) is 0 Å². The maximum absolute atomic E-state index is 12.1. The molecule has 7 nitrogen and oxygen atoms in total. The Morgan fingerprint density at radius 1 is 1.12 bits per heavy atom. The Kier molecular flexibility index (Phi) is 4.62. The van der Waals surface area contributed by atoms with Crippen molar-refractivity contribution in [2.45, 2.75) is 6.92 Å². The Morgan fingerprint density at radius 2 is 2.00 bits per heavy atom. The summed E-state index contributed by atoms with van der Waals surface area (Å²) in [6.07, 6.45) is 4.42. The largest absolute Gasteiger partial charge is 0.436 e. The van der Waals surface area contributed by atoms with Crippen molar-refractivity contribution in [1.82, 2.24) is 19.9 Å². The molecule has 8 heteroatoms. The van der Waals surface area contributed by atoms with Gasteiger partial charge in [-0.2, -0.15) is 4.98 Å². The van der Waals surface area contributed by atoms with E-state index in [1.807, 2.05) is 13.0 Å². The van der Waals surface area contributed by atoms with Crippen LogP contribution in [-0.2, 0) is 0 Å². The molecule has 0 saturated carbocycles. The Balaban J connectivity index is 1.73. The fraction of sp³-hybridized carbons (Fsp3) is 0.0625. The average molecular weight is 342 g/mol. The van der Waals surface area contributed by atoms with E-state index in [1.165, 1.54) is 12.4 Å². The number of hydrogen-bond donors (Lipinski definition) is 1. The molecule has 1 N–H and O–H groups in total. The first-order valence-corrected chi connectivity index (χ1v) is 7.34. The summed E-state index contributed by atoms with van der Waals surface area (Å²) in [4.78, 5) is 28.4. The minimum absolute atomic E-state index is 0.179. The molecule has 0 aliphatic carbocycles. The highest BCUT2D eigenvalue weighted by atomic mass is 35.5. The number of anilines is 1. The van der Waals surface area contributed by atoms with Crippen LogP contribution < -0.4 is 10.1 Å². The minimum atomic E-state index is -0.444. The van der Waals surface area contributed by atoms with Gasteiger partial charge in [0.05, 0.1) is 18.6 Å². The summed E-state index contributed by atoms with van der Waals surface area (Å²) in [6.45, 7) is 1.88. The average Bonchev–Trinajstić information content (AvgIpc) is 2.57. The molecule has 0 aliphatic heterocycles. The van der Waals surface area contributed by atoms with E-state index in [4.69, 9.17) is 16.3 Å². The van der Waals surface area contributed by atoms with Crippen molar-refractivity contribution in [3.63, 3.8) is 0 Å². The van der Waals surface area contributed by atoms with Crippen LogP contribution in [0, 0.1) is 6.92 Å². The monoisotopic (exact) mass is 341 g/mol. The van der Waals surface area contributed by atoms with Gasteiger partial charge in [-0.25, -0.2) is 4.98 Å². The number of aromatic nitrogens is 4. The summed E-state index contributed by atoms with van der Waals surface area (Å²) < 4.78 is 5.56. The number of carbonyl (C=O) groups is 1. The molecule has 3 aromatic rings. The Labute approximate surface area is 142 Å². The predicted octanol–water partition coefficient (Wildman–Crippen LogP) is 3.27. The molecule has 0 bridgehead atoms. The molecule has 0 fully saturated rings. The van der Waals surface area contributed by atoms with Gasteiger partial charge in [0.25, 0.3) is 5.91 Å². The zero-order valence-corrected chi connectivity index (χ0v) is 13.4. The molecule has 120 valence electrons. The first-order chi connectivity index (χ1) is 11.6. The molecule has 1 amide bonds. The third kappa shape index (κ3) is 4.02. The number of halogens is 1. The third-order valence-electron chi connectivity index (χ3n) is 2.91. The van der Waals surface area contributed by atoms with Crippen LogP contribution in [0.5, 0.6) is 11.6 Å². The third-order valence-corrected chi connectivity index (χ3v) is 3.12. The van der Waals surface area contributed by atoms with Gasteiger partial charge in [0.2, 0.25) is 5.88 Å². The van der Waals surface area contributed by atoms with Crippen LogP contribution in [0.25, 0.3) is 0 Å². The standard InChI is InChI=1S/C16H12ClN5O2/c1-10-5-6-11(7-19-10)24-15-9-18-8-14(21-15)22-16(23)12-3-2-4-13(17)20-12/h2-9H,1H3,(H,21,22,23). The van der Waals surface area contributed by atoms with Gasteiger partial charge in [-0.15, -0.1) is 0 Å². The van der Waals surface area contributed by atoms with Crippen molar-refractivity contribution in [2.75, 3.05) is 5.32 Å². The van der Waals surface area contributed by atoms with Gasteiger partial charge in [-0.1, -0.05) is 17.7 Å². The molecule has 0 radical (unpaired) electrons. The highest BCUT2D eigenvalue weighted by Crippen LogP contribution is 2.19. The van der Waals surface area contributed by atoms with Crippen LogP contribution in [0.1, 0.15) is 16.2 Å². The van der Waals surface area contributed by atoms with Crippen LogP contribution in [0.2, 0.25) is 5.15 Å². The molecule has 0 atom stereocenters. The molecule has 3 aromatic heterocycles. The number of hydrogen-bond acceptors (Lipinski definition) is 6. The number of amides is 1. The molecule has 0 spiro atoms. The first kappa shape index (κ1) is 15.8. The Hall–Kier alpha value is -3.06. The van der Waals surface area contributed by atoms with E-state index >= 15 is 0 Å². The molecular weight excluding hydrogens is 330 g/mol. The van der Waals surface area contributed by atoms with E-state index in [0.717, 1.165) is 5.69 Å². The van der Waals surface area contributed by atoms with Crippen molar-refractivity contribution in [3.8, 4) is 11.6 Å². The fourth-order valence-electron chi connectivity index (χ4n) is 1.81. The highest BCUT2D eigenvalue weighted by Gasteiger charge is 2.10. The van der Waals surface area contributed by atoms with Gasteiger partial charge in [0, 0.05) is 5.69 Å². The van der Waals surface area contributed by atoms with Crippen LogP contribution in [0.3, 0.4) is 0 Å². The highest BCUT2D eigenvalue weighted by molar-refractivity contribution is 6.29. The Bertz CT molecular complexity index is 870. The number of aryl methyl sites for hydroxylation is 1. The first-order valence-electron chi connectivity index (χ1n) is 6.96. The summed E-state index contributed by atoms with van der Waals surface area (Å²) >= 11 is 5.77. The van der Waals surface area contributed by atoms with E-state index in [9.17, 15) is 4.79 Å². The number of ether oxygens (including phenoxy) is 1. The van der Waals surface area contributed by atoms with Crippen molar-refractivity contribution in [3.05, 3.63) is 65.5 Å². The summed E-state index contributed by atoms with van der Waals surface area (Å²) in [7, 11) is 0. The van der Waals surface area contributed by atoms with E-state index in [1.54, 1.807) is 30.5 Å². The lowest BCUT2D eigenvalue weighted by atomic mass is 10.3. The molecule has 0 aliphatic rings. The maximum atomic E-state index is 12.1. The van der Waals surface area contributed by atoms with Crippen LogP contribution in [0.4, 0.5) is 5.82 Å². The molecule has 24 heavy (non-hydrogen) atoms. The normalized spacial score (nSPS) is 10.2. The second-order valence-corrected chi connectivity index (χ2v) is 5.17. The van der Waals surface area contributed by atoms with Gasteiger partial charge < -0.3 is 10.1 Å². The number of carbonyl (C=O) groups excluding carboxylic acids is 1. The smallest absolute Gasteiger partial charge is 0.275 e. The van der Waals surface area contributed by atoms with Crippen molar-refractivity contribution >= 4 is 23.3 Å². The lowest BCUT2D eigenvalue weighted by Crippen LogP contribution is -2.14. The van der Waals surface area contributed by atoms with E-state index in [0.29, 0.717) is 5.75 Å². The molecular formula is C16H12ClN5O2. The quantitative estimate of drug-likeness (QED) is 0.732. The zero-order chi connectivity index (χ0) is 16.9. The molecule has 0 aromatic carbocycles. The predicted molar refractivity (Wildman–Crippen MR) is 88.3 cm³/mol. The van der Waals surface area contributed by atoms with Gasteiger partial charge >= 0.3 is 0 Å². The van der Waals surface area contributed by atoms with E-state index < -0.39 is 5.91 Å². The fourth-order valence-corrected chi connectivity index (χ4v) is 1.97. The Morgan fingerprint density at radius 3 is 2.75 bits per heavy atom. The molecule has 0 unspecified atom stereocenters. The number of nitrogens with zero attached hydrogens (tertiary/aromatic N) is 4. The summed E-state index contributed by atoms with van der Waals surface area (Å²) in [5.74, 6) is 0.549. The van der Waals surface area contributed by atoms with E-state index in [2.05, 4.69) is 25.3 Å². The van der Waals surface area contributed by atoms with Crippen LogP contribution >= 0.6 is 11.6 Å². The summed E-state index contributed by atoms with van der Waals surface area (Å²) in [5.41, 5.74) is 1.06. The lowest BCUT2D eigenvalue weighted by molar-refractivity contribution is 0.102. The zero-order valence-electron chi connectivity index (χ0n) is 12.6. The SMILES string of the molecule is Cc1ccc(Oc2cncc(NC(=O)c3cccc(Cl)n3)n2)cn1. The van der Waals surface area contributed by atoms with Crippen molar-refractivity contribution in [2.24, 2.45) is 0 Å². The van der Waals surface area contributed by atoms with Gasteiger partial charge in [0.15, 0.2) is 5.82 Å². The summed E-state index contributed by atoms with van der Waals surface area (Å²) in [5, 5.41) is 2.83. The van der Waals surface area contributed by atoms with Crippen molar-refractivity contribution < 1.29 is 9.53 Å². The number of rotatable bonds is 4. The lowest BCUT2D eigenvalue weighted by Gasteiger charge is -2.07. The summed E-state index contributed by atoms with van der Waals surface area (Å²) in [6, 6.07) is 8.36. The second kappa shape index (κ2) is 7.01. The van der Waals surface area contributed by atoms with Gasteiger partial charge in [0.1, 0.15) is 16.6 Å². The topological polar surface area (TPSA) is 89.9 Å².